The largest absolute Gasteiger partial charge is 0.375 e. The van der Waals surface area contributed by atoms with Crippen LogP contribution in [0.1, 0.15) is 55.8 Å². The molecule has 12 heteroatoms. The van der Waals surface area contributed by atoms with Gasteiger partial charge in [-0.3, -0.25) is 9.52 Å². The van der Waals surface area contributed by atoms with Crippen molar-refractivity contribution in [1.29, 1.82) is 0 Å². The molecule has 2 aromatic rings. The lowest BCUT2D eigenvalue weighted by atomic mass is 9.93. The van der Waals surface area contributed by atoms with Crippen molar-refractivity contribution >= 4 is 38.9 Å². The van der Waals surface area contributed by atoms with E-state index in [1.54, 1.807) is 24.3 Å². The van der Waals surface area contributed by atoms with Crippen LogP contribution in [-0.2, 0) is 14.8 Å². The van der Waals surface area contributed by atoms with Crippen LogP contribution in [0.4, 0.5) is 31.8 Å². The Bertz CT molecular complexity index is 1460. The van der Waals surface area contributed by atoms with Gasteiger partial charge in [-0.25, -0.2) is 13.4 Å². The number of halogens is 2. The average molecular weight is 588 g/mol. The van der Waals surface area contributed by atoms with Gasteiger partial charge in [0, 0.05) is 26.2 Å². The summed E-state index contributed by atoms with van der Waals surface area (Å²) < 4.78 is 59.6. The van der Waals surface area contributed by atoms with E-state index in [-0.39, 0.29) is 30.4 Å². The van der Waals surface area contributed by atoms with Crippen LogP contribution in [0.3, 0.4) is 0 Å². The third kappa shape index (κ3) is 6.04. The molecular weight excluding hydrogens is 552 g/mol. The number of allylic oxidation sites excluding steroid dienone is 1. The number of carbonyl (C=O) groups excluding carboxylic acids is 1. The molecule has 4 aliphatic rings. The van der Waals surface area contributed by atoms with Crippen molar-refractivity contribution in [3.8, 4) is 0 Å². The van der Waals surface area contributed by atoms with E-state index in [1.165, 1.54) is 12.8 Å². The second-order valence-corrected chi connectivity index (χ2v) is 13.7. The Balaban J connectivity index is 1.23. The summed E-state index contributed by atoms with van der Waals surface area (Å²) in [5.74, 6) is 0.843. The van der Waals surface area contributed by atoms with Crippen molar-refractivity contribution in [2.24, 2.45) is 5.41 Å². The van der Waals surface area contributed by atoms with Crippen molar-refractivity contribution in [2.75, 3.05) is 52.6 Å². The van der Waals surface area contributed by atoms with E-state index in [9.17, 15) is 22.0 Å². The van der Waals surface area contributed by atoms with Crippen LogP contribution < -0.4 is 19.8 Å². The van der Waals surface area contributed by atoms with Gasteiger partial charge < -0.3 is 19.9 Å². The van der Waals surface area contributed by atoms with Gasteiger partial charge in [0.05, 0.1) is 34.9 Å². The van der Waals surface area contributed by atoms with E-state index in [0.29, 0.717) is 47.9 Å². The normalized spacial score (nSPS) is 23.6. The lowest BCUT2D eigenvalue weighted by Gasteiger charge is -2.35. The molecule has 6 rings (SSSR count). The number of amides is 1. The van der Waals surface area contributed by atoms with Crippen LogP contribution >= 0.6 is 0 Å². The zero-order valence-electron chi connectivity index (χ0n) is 23.0. The first-order chi connectivity index (χ1) is 19.6. The smallest absolute Gasteiger partial charge is 0.269 e. The molecule has 1 aromatic carbocycles. The number of pyridine rings is 1. The summed E-state index contributed by atoms with van der Waals surface area (Å²) in [6.07, 6.45) is 2.46. The third-order valence-electron chi connectivity index (χ3n) is 8.82. The van der Waals surface area contributed by atoms with Crippen molar-refractivity contribution in [3.63, 3.8) is 0 Å². The van der Waals surface area contributed by atoms with Crippen molar-refractivity contribution < 1.29 is 26.7 Å². The van der Waals surface area contributed by atoms with Crippen LogP contribution in [0, 0.1) is 5.41 Å². The highest BCUT2D eigenvalue weighted by Gasteiger charge is 2.45. The fraction of sp³-hybridized carbons (Fsp3) is 0.517. The summed E-state index contributed by atoms with van der Waals surface area (Å²) in [6, 6.07) is 10.3. The maximum absolute atomic E-state index is 13.6. The first-order valence-corrected chi connectivity index (χ1v) is 15.7. The fourth-order valence-corrected chi connectivity index (χ4v) is 7.40. The Kier molecular flexibility index (Phi) is 7.39. The molecule has 1 spiro atoms. The minimum atomic E-state index is -3.86. The Morgan fingerprint density at radius 2 is 1.80 bits per heavy atom. The standard InChI is InChI=1S/C29H35F2N5O4S/c1-19-18-36(13-14-40-19)26-4-2-3-25(32-26)33-28(37)23-6-5-21(34-41(38,39)22-15-20(16-22)27(30)31)17-24(23)35-11-9-29(7-8-29)10-12-35/h2-6,17,19,22,34H,7-16,18H2,1H3,(H,32,33,37)/t19-/m1/s1. The fourth-order valence-electron chi connectivity index (χ4n) is 5.94. The minimum Gasteiger partial charge on any atom is -0.375 e. The topological polar surface area (TPSA) is 104 Å². The first-order valence-electron chi connectivity index (χ1n) is 14.2. The van der Waals surface area contributed by atoms with Gasteiger partial charge in [0.2, 0.25) is 10.0 Å². The zero-order chi connectivity index (χ0) is 28.8. The van der Waals surface area contributed by atoms with Gasteiger partial charge in [0.1, 0.15) is 11.6 Å². The van der Waals surface area contributed by atoms with Crippen molar-refractivity contribution in [3.05, 3.63) is 53.6 Å². The number of anilines is 4. The van der Waals surface area contributed by atoms with Crippen molar-refractivity contribution in [1.82, 2.24) is 4.98 Å². The number of sulfonamides is 1. The number of nitrogens with zero attached hydrogens (tertiary/aromatic N) is 3. The van der Waals surface area contributed by atoms with Crippen LogP contribution in [-0.4, -0.2) is 63.4 Å². The molecule has 2 saturated carbocycles. The molecule has 9 nitrogen and oxygen atoms in total. The van der Waals surface area contributed by atoms with Crippen LogP contribution in [0.15, 0.2) is 48.1 Å². The van der Waals surface area contributed by atoms with E-state index >= 15 is 0 Å². The molecule has 3 heterocycles. The molecule has 2 aliphatic heterocycles. The monoisotopic (exact) mass is 587 g/mol. The van der Waals surface area contributed by atoms with Crippen LogP contribution in [0.5, 0.6) is 0 Å². The Labute approximate surface area is 239 Å². The molecule has 2 N–H and O–H groups in total. The van der Waals surface area contributed by atoms with Gasteiger partial charge in [-0.2, -0.15) is 8.78 Å². The molecule has 41 heavy (non-hydrogen) atoms. The second kappa shape index (κ2) is 10.9. The molecule has 4 fully saturated rings. The van der Waals surface area contributed by atoms with Crippen LogP contribution in [0.25, 0.3) is 0 Å². The Morgan fingerprint density at radius 3 is 2.49 bits per heavy atom. The Hall–Kier alpha value is -3.25. The second-order valence-electron chi connectivity index (χ2n) is 11.7. The molecule has 1 aromatic heterocycles. The molecular formula is C29H35F2N5O4S. The Morgan fingerprint density at radius 1 is 1.05 bits per heavy atom. The quantitative estimate of drug-likeness (QED) is 0.470. The van der Waals surface area contributed by atoms with Gasteiger partial charge in [-0.15, -0.1) is 0 Å². The maximum atomic E-state index is 13.6. The number of aromatic nitrogens is 1. The highest BCUT2D eigenvalue weighted by Crippen LogP contribution is 2.54. The molecule has 2 aliphatic carbocycles. The molecule has 0 radical (unpaired) electrons. The molecule has 1 atom stereocenters. The number of morpholine rings is 1. The number of hydrogen-bond donors (Lipinski definition) is 2. The van der Waals surface area contributed by atoms with E-state index in [0.717, 1.165) is 31.7 Å². The summed E-state index contributed by atoms with van der Waals surface area (Å²) >= 11 is 0. The number of benzene rings is 1. The maximum Gasteiger partial charge on any atom is 0.269 e. The van der Waals surface area contributed by atoms with Gasteiger partial charge in [0.25, 0.3) is 12.0 Å². The summed E-state index contributed by atoms with van der Waals surface area (Å²) in [5.41, 5.74) is 1.67. The first kappa shape index (κ1) is 27.9. The molecule has 0 unspecified atom stereocenters. The zero-order valence-corrected chi connectivity index (χ0v) is 23.9. The predicted molar refractivity (Wildman–Crippen MR) is 154 cm³/mol. The van der Waals surface area contributed by atoms with E-state index in [2.05, 4.69) is 24.8 Å². The van der Waals surface area contributed by atoms with Gasteiger partial charge in [-0.05, 0) is 86.8 Å². The number of nitrogens with one attached hydrogen (secondary N) is 2. The lowest BCUT2D eigenvalue weighted by molar-refractivity contribution is 0.0529. The SMILES string of the molecule is C[C@@H]1CN(c2cccc(NC(=O)c3ccc(NS(=O)(=O)C4CC(=C(F)F)C4)cc3N3CCC4(CC3)CC4)n2)CCO1. The average Bonchev–Trinajstić information content (AvgIpc) is 3.66. The third-order valence-corrected chi connectivity index (χ3v) is 10.6. The molecule has 1 amide bonds. The summed E-state index contributed by atoms with van der Waals surface area (Å²) in [5, 5.41) is 2.03. The highest BCUT2D eigenvalue weighted by molar-refractivity contribution is 7.93. The predicted octanol–water partition coefficient (Wildman–Crippen LogP) is 4.99. The van der Waals surface area contributed by atoms with Crippen molar-refractivity contribution in [2.45, 2.75) is 56.8 Å². The number of rotatable bonds is 7. The van der Waals surface area contributed by atoms with E-state index in [1.807, 2.05) is 19.1 Å². The van der Waals surface area contributed by atoms with Gasteiger partial charge >= 0.3 is 0 Å². The number of piperidine rings is 1. The molecule has 0 bridgehead atoms. The van der Waals surface area contributed by atoms with E-state index < -0.39 is 21.4 Å². The summed E-state index contributed by atoms with van der Waals surface area (Å²) in [4.78, 5) is 22.5. The summed E-state index contributed by atoms with van der Waals surface area (Å²) in [6.45, 7) is 5.59. The number of carbonyl (C=O) groups is 1. The number of ether oxygens (including phenoxy) is 1. The van der Waals surface area contributed by atoms with E-state index in [4.69, 9.17) is 4.74 Å². The van der Waals surface area contributed by atoms with Gasteiger partial charge in [0.15, 0.2) is 0 Å². The van der Waals surface area contributed by atoms with Gasteiger partial charge in [-0.1, -0.05) is 6.07 Å². The molecule has 220 valence electrons. The lowest BCUT2D eigenvalue weighted by Crippen LogP contribution is -2.41. The number of hydrogen-bond acceptors (Lipinski definition) is 7. The minimum absolute atomic E-state index is 0.0919. The highest BCUT2D eigenvalue weighted by atomic mass is 32.2. The molecule has 2 saturated heterocycles. The van der Waals surface area contributed by atoms with Crippen LogP contribution in [0.2, 0.25) is 0 Å². The summed E-state index contributed by atoms with van der Waals surface area (Å²) in [7, 11) is -3.86.